The molecule has 4 atom stereocenters. The first-order chi connectivity index (χ1) is 23.1. The number of hydrogen-bond acceptors (Lipinski definition) is 10. The summed E-state index contributed by atoms with van der Waals surface area (Å²) in [5, 5.41) is 11.9. The number of phenols is 1. The number of carbonyl (C=O) groups is 2. The molecule has 0 aromatic heterocycles. The number of likely N-dealkylation sites (N-methyl/N-ethyl adjacent to an activating group) is 2. The van der Waals surface area contributed by atoms with E-state index in [0.29, 0.717) is 47.8 Å². The van der Waals surface area contributed by atoms with Crippen LogP contribution < -0.4 is 14.2 Å². The third-order valence-electron chi connectivity index (χ3n) is 11.7. The van der Waals surface area contributed by atoms with Crippen LogP contribution in [0.15, 0.2) is 65.2 Å². The summed E-state index contributed by atoms with van der Waals surface area (Å²) >= 11 is 0. The summed E-state index contributed by atoms with van der Waals surface area (Å²) in [5.74, 6) is 2.20. The van der Waals surface area contributed by atoms with E-state index in [9.17, 15) is 14.7 Å². The molecule has 2 heterocycles. The van der Waals surface area contributed by atoms with Crippen LogP contribution in [-0.2, 0) is 42.7 Å². The van der Waals surface area contributed by atoms with Gasteiger partial charge in [0, 0.05) is 45.7 Å². The molecule has 10 nitrogen and oxygen atoms in total. The van der Waals surface area contributed by atoms with Crippen molar-refractivity contribution in [2.24, 2.45) is 0 Å². The summed E-state index contributed by atoms with van der Waals surface area (Å²) in [5.41, 5.74) is 4.12. The number of piperidine rings is 2. The van der Waals surface area contributed by atoms with Crippen LogP contribution in [0.4, 0.5) is 0 Å². The van der Waals surface area contributed by atoms with Crippen molar-refractivity contribution in [1.29, 1.82) is 0 Å². The van der Waals surface area contributed by atoms with Gasteiger partial charge in [-0.05, 0) is 99.9 Å². The highest BCUT2D eigenvalue weighted by atomic mass is 16.5. The highest BCUT2D eigenvalue weighted by Crippen LogP contribution is 2.60. The van der Waals surface area contributed by atoms with Crippen LogP contribution >= 0.6 is 0 Å². The number of benzene rings is 2. The van der Waals surface area contributed by atoms with Gasteiger partial charge in [-0.15, -0.1) is 0 Å². The third-order valence-corrected chi connectivity index (χ3v) is 11.7. The molecule has 6 aliphatic rings. The van der Waals surface area contributed by atoms with Crippen molar-refractivity contribution in [3.05, 3.63) is 87.4 Å². The number of carbonyl (C=O) groups excluding carboxylic acids is 2. The number of nitrogens with zero attached hydrogens (tertiary/aromatic N) is 2. The number of allylic oxidation sites excluding steroid dienone is 4. The number of rotatable bonds is 6. The van der Waals surface area contributed by atoms with Crippen molar-refractivity contribution in [1.82, 2.24) is 9.80 Å². The highest BCUT2D eigenvalue weighted by molar-refractivity contribution is 6.06. The van der Waals surface area contributed by atoms with Gasteiger partial charge < -0.3 is 28.8 Å². The van der Waals surface area contributed by atoms with Crippen molar-refractivity contribution in [3.8, 4) is 28.7 Å². The van der Waals surface area contributed by atoms with Gasteiger partial charge in [-0.3, -0.25) is 19.4 Å². The molecular formula is C38H40N2O8. The van der Waals surface area contributed by atoms with Crippen LogP contribution in [0.1, 0.15) is 35.1 Å². The number of methoxy groups -OCH3 is 4. The quantitative estimate of drug-likeness (QED) is 0.486. The molecule has 250 valence electrons. The van der Waals surface area contributed by atoms with Gasteiger partial charge in [0.25, 0.3) is 0 Å². The Morgan fingerprint density at radius 3 is 1.85 bits per heavy atom. The normalized spacial score (nSPS) is 28.8. The van der Waals surface area contributed by atoms with Gasteiger partial charge in [-0.1, -0.05) is 6.07 Å². The molecule has 0 spiro atoms. The Bertz CT molecular complexity index is 1920. The molecular weight excluding hydrogens is 612 g/mol. The molecule has 2 fully saturated rings. The van der Waals surface area contributed by atoms with Gasteiger partial charge in [-0.2, -0.15) is 0 Å². The summed E-state index contributed by atoms with van der Waals surface area (Å²) in [7, 11) is 10.4. The summed E-state index contributed by atoms with van der Waals surface area (Å²) < 4.78 is 30.1. The Morgan fingerprint density at radius 1 is 0.729 bits per heavy atom. The van der Waals surface area contributed by atoms with Crippen molar-refractivity contribution in [2.45, 2.75) is 48.6 Å². The molecule has 1 N–H and O–H groups in total. The monoisotopic (exact) mass is 652 g/mol. The number of hydrogen-bond donors (Lipinski definition) is 1. The van der Waals surface area contributed by atoms with Crippen LogP contribution in [0.25, 0.3) is 0 Å². The Balaban J connectivity index is 1.38. The average Bonchev–Trinajstić information content (AvgIpc) is 3.08. The summed E-state index contributed by atoms with van der Waals surface area (Å²) in [6.07, 6.45) is 9.88. The van der Waals surface area contributed by atoms with Crippen LogP contribution in [0, 0.1) is 0 Å². The minimum atomic E-state index is -0.781. The molecule has 2 aromatic carbocycles. The average molecular weight is 653 g/mol. The lowest BCUT2D eigenvalue weighted by molar-refractivity contribution is -0.115. The molecule has 4 bridgehead atoms. The van der Waals surface area contributed by atoms with Crippen molar-refractivity contribution < 1.29 is 38.4 Å². The van der Waals surface area contributed by atoms with E-state index in [4.69, 9.17) is 23.7 Å². The Kier molecular flexibility index (Phi) is 6.88. The molecule has 2 saturated heterocycles. The molecule has 0 amide bonds. The summed E-state index contributed by atoms with van der Waals surface area (Å²) in [6, 6.07) is 5.75. The van der Waals surface area contributed by atoms with E-state index in [0.717, 1.165) is 47.3 Å². The van der Waals surface area contributed by atoms with E-state index in [1.54, 1.807) is 25.3 Å². The van der Waals surface area contributed by atoms with E-state index in [-0.39, 0.29) is 40.9 Å². The lowest BCUT2D eigenvalue weighted by Crippen LogP contribution is -2.54. The van der Waals surface area contributed by atoms with Crippen molar-refractivity contribution in [3.63, 3.8) is 0 Å². The number of ketones is 2. The van der Waals surface area contributed by atoms with Crippen LogP contribution in [-0.4, -0.2) is 94.2 Å². The molecule has 0 unspecified atom stereocenters. The molecule has 10 heteroatoms. The zero-order valence-corrected chi connectivity index (χ0v) is 28.1. The first kappa shape index (κ1) is 30.8. The second-order valence-electron chi connectivity index (χ2n) is 13.7. The number of aromatic hydroxyl groups is 1. The van der Waals surface area contributed by atoms with Crippen LogP contribution in [0.2, 0.25) is 0 Å². The highest BCUT2D eigenvalue weighted by Gasteiger charge is 2.55. The van der Waals surface area contributed by atoms with Crippen molar-refractivity contribution >= 4 is 11.6 Å². The van der Waals surface area contributed by atoms with Crippen LogP contribution in [0.3, 0.4) is 0 Å². The van der Waals surface area contributed by atoms with Gasteiger partial charge in [0.15, 0.2) is 34.5 Å². The van der Waals surface area contributed by atoms with E-state index >= 15 is 0 Å². The smallest absolute Gasteiger partial charge is 0.220 e. The molecule has 0 radical (unpaired) electrons. The second kappa shape index (κ2) is 10.7. The zero-order chi connectivity index (χ0) is 33.7. The topological polar surface area (TPSA) is 107 Å². The van der Waals surface area contributed by atoms with Gasteiger partial charge >= 0.3 is 0 Å². The Morgan fingerprint density at radius 2 is 1.29 bits per heavy atom. The number of ether oxygens (including phenoxy) is 5. The van der Waals surface area contributed by atoms with E-state index in [2.05, 4.69) is 30.0 Å². The molecule has 8 rings (SSSR count). The molecule has 2 aliphatic heterocycles. The van der Waals surface area contributed by atoms with E-state index in [1.807, 2.05) is 18.2 Å². The third kappa shape index (κ3) is 3.99. The number of likely N-dealkylation sites (tertiary alicyclic amines) is 2. The maximum Gasteiger partial charge on any atom is 0.220 e. The predicted octanol–water partition coefficient (Wildman–Crippen LogP) is 4.28. The first-order valence-electron chi connectivity index (χ1n) is 16.4. The number of fused-ring (bicyclic) bond motifs is 2. The number of phenolic OH excluding ortho intramolecular Hbond substituents is 1. The first-order valence-corrected chi connectivity index (χ1v) is 16.4. The standard InChI is InChI=1S/C38H40N2O8/c1-39-11-9-37-18-31(46-5)26(41)15-22(37)24(39)13-20-7-8-28(44-3)36(33(20)37)48-29-17-30(45-4)35(43)34-21(29)14-25-23-16-27(42)32(47-6)19-38(23,34)10-12-40(25)2/h7-8,15-19,24-25,43H,9-14H2,1-6H3/t24-,25-,37+,38+/m0/s1. The minimum absolute atomic E-state index is 0.0253. The molecule has 0 saturated carbocycles. The second-order valence-corrected chi connectivity index (χ2v) is 13.7. The van der Waals surface area contributed by atoms with E-state index < -0.39 is 10.8 Å². The molecule has 4 aliphatic carbocycles. The minimum Gasteiger partial charge on any atom is -0.504 e. The maximum atomic E-state index is 13.2. The van der Waals surface area contributed by atoms with Gasteiger partial charge in [0.2, 0.25) is 11.6 Å². The summed E-state index contributed by atoms with van der Waals surface area (Å²) in [6.45, 7) is 1.58. The predicted molar refractivity (Wildman–Crippen MR) is 177 cm³/mol. The fourth-order valence-corrected chi connectivity index (χ4v) is 9.32. The zero-order valence-electron chi connectivity index (χ0n) is 28.1. The van der Waals surface area contributed by atoms with Crippen molar-refractivity contribution in [2.75, 3.05) is 55.6 Å². The Labute approximate surface area is 279 Å². The van der Waals surface area contributed by atoms with E-state index in [1.165, 1.54) is 21.3 Å². The summed E-state index contributed by atoms with van der Waals surface area (Å²) in [4.78, 5) is 30.8. The molecule has 2 aromatic rings. The molecule has 48 heavy (non-hydrogen) atoms. The SMILES string of the molecule is COC1=C[C@@]23CCN(C)[C@@H](Cc4c(Oc5c(OC)ccc6c5[C@]57C=C(OC)C(=O)C=C5[C@H](C6)N(C)CC7)cc(OC)c(O)c42)C3=CC1=O. The largest absolute Gasteiger partial charge is 0.504 e. The fourth-order valence-electron chi connectivity index (χ4n) is 9.32. The van der Waals surface area contributed by atoms with Gasteiger partial charge in [-0.25, -0.2) is 0 Å². The Hall–Kier alpha value is -4.54. The lowest BCUT2D eigenvalue weighted by Gasteiger charge is -2.53. The van der Waals surface area contributed by atoms with Gasteiger partial charge in [0.1, 0.15) is 5.75 Å². The maximum absolute atomic E-state index is 13.2. The van der Waals surface area contributed by atoms with Gasteiger partial charge in [0.05, 0.1) is 28.4 Å². The lowest BCUT2D eigenvalue weighted by atomic mass is 9.58. The fraction of sp³-hybridized carbons (Fsp3) is 0.421. The van der Waals surface area contributed by atoms with Crippen LogP contribution in [0.5, 0.6) is 28.7 Å².